The van der Waals surface area contributed by atoms with Gasteiger partial charge in [-0.1, -0.05) is 11.6 Å². The Bertz CT molecular complexity index is 931. The minimum atomic E-state index is -1.03. The minimum Gasteiger partial charge on any atom is -0.393 e. The van der Waals surface area contributed by atoms with Crippen LogP contribution in [0.25, 0.3) is 0 Å². The van der Waals surface area contributed by atoms with Crippen molar-refractivity contribution in [3.8, 4) is 0 Å². The monoisotopic (exact) mass is 442 g/mol. The molecule has 6 nitrogen and oxygen atoms in total. The van der Waals surface area contributed by atoms with E-state index in [-0.39, 0.29) is 11.8 Å². The van der Waals surface area contributed by atoms with E-state index in [9.17, 15) is 18.7 Å². The predicted molar refractivity (Wildman–Crippen MR) is 110 cm³/mol. The van der Waals surface area contributed by atoms with E-state index in [2.05, 4.69) is 14.3 Å². The van der Waals surface area contributed by atoms with Gasteiger partial charge in [-0.05, 0) is 37.8 Å². The zero-order valence-corrected chi connectivity index (χ0v) is 17.1. The highest BCUT2D eigenvalue weighted by Gasteiger charge is 2.30. The molecule has 1 fully saturated rings. The average Bonchev–Trinajstić information content (AvgIpc) is 3.24. The molecule has 0 spiro atoms. The van der Waals surface area contributed by atoms with Crippen molar-refractivity contribution in [2.75, 3.05) is 23.1 Å². The van der Waals surface area contributed by atoms with Gasteiger partial charge in [0.2, 0.25) is 0 Å². The number of hydrogen-bond donors (Lipinski definition) is 3. The number of aliphatic hydroxyl groups is 1. The topological polar surface area (TPSA) is 69.5 Å². The molecule has 29 heavy (non-hydrogen) atoms. The van der Waals surface area contributed by atoms with Crippen molar-refractivity contribution in [1.29, 1.82) is 0 Å². The first-order chi connectivity index (χ1) is 13.9. The molecule has 1 amide bonds. The average molecular weight is 443 g/mol. The smallest absolute Gasteiger partial charge is 0.273 e. The molecule has 0 saturated carbocycles. The van der Waals surface area contributed by atoms with Crippen molar-refractivity contribution in [2.45, 2.75) is 38.3 Å². The lowest BCUT2D eigenvalue weighted by Crippen LogP contribution is -2.32. The number of benzene rings is 1. The molecule has 0 radical (unpaired) electrons. The van der Waals surface area contributed by atoms with Crippen LogP contribution in [0.1, 0.15) is 35.4 Å². The Kier molecular flexibility index (Phi) is 6.00. The number of nitrogens with one attached hydrogen (secondary N) is 2. The number of aliphatic hydroxyl groups excluding tert-OH is 1. The van der Waals surface area contributed by atoms with E-state index in [4.69, 9.17) is 11.6 Å². The van der Waals surface area contributed by atoms with Gasteiger partial charge in [-0.15, -0.1) is 0 Å². The lowest BCUT2D eigenvalue weighted by Gasteiger charge is -2.28. The maximum Gasteiger partial charge on any atom is 0.273 e. The number of amides is 1. The summed E-state index contributed by atoms with van der Waals surface area (Å²) >= 11 is 7.97. The summed E-state index contributed by atoms with van der Waals surface area (Å²) in [6.45, 7) is 2.18. The molecular weight excluding hydrogens is 422 g/mol. The van der Waals surface area contributed by atoms with Crippen LogP contribution in [0.15, 0.2) is 18.2 Å². The first kappa shape index (κ1) is 20.5. The third kappa shape index (κ3) is 4.23. The number of hydrogen-bond acceptors (Lipinski definition) is 5. The molecule has 2 aliphatic rings. The summed E-state index contributed by atoms with van der Waals surface area (Å²) in [7, 11) is 0. The summed E-state index contributed by atoms with van der Waals surface area (Å²) in [5, 5.41) is 12.5. The summed E-state index contributed by atoms with van der Waals surface area (Å²) in [5.41, 5.74) is 2.13. The van der Waals surface area contributed by atoms with Crippen molar-refractivity contribution >= 4 is 41.0 Å². The molecule has 156 valence electrons. The number of nitrogens with zero attached hydrogens (tertiary/aromatic N) is 2. The molecule has 0 atom stereocenters. The van der Waals surface area contributed by atoms with E-state index in [0.29, 0.717) is 22.9 Å². The third-order valence-electron chi connectivity index (χ3n) is 5.20. The van der Waals surface area contributed by atoms with Gasteiger partial charge in [-0.2, -0.15) is 0 Å². The number of fused-ring (bicyclic) bond motifs is 1. The lowest BCUT2D eigenvalue weighted by molar-refractivity contribution is 0.101. The summed E-state index contributed by atoms with van der Waals surface area (Å²) in [4.78, 5) is 12.8. The van der Waals surface area contributed by atoms with Gasteiger partial charge >= 0.3 is 0 Å². The molecule has 10 heteroatoms. The van der Waals surface area contributed by atoms with Gasteiger partial charge in [0.25, 0.3) is 5.91 Å². The van der Waals surface area contributed by atoms with E-state index < -0.39 is 17.5 Å². The summed E-state index contributed by atoms with van der Waals surface area (Å²) < 4.78 is 33.8. The van der Waals surface area contributed by atoms with Crippen LogP contribution in [0.2, 0.25) is 5.02 Å². The molecule has 1 aromatic carbocycles. The van der Waals surface area contributed by atoms with Crippen LogP contribution in [0, 0.1) is 11.6 Å². The predicted octanol–water partition coefficient (Wildman–Crippen LogP) is 4.05. The minimum absolute atomic E-state index is 0.161. The van der Waals surface area contributed by atoms with Crippen molar-refractivity contribution in [1.82, 2.24) is 8.87 Å². The molecule has 3 heterocycles. The number of carbonyl (C=O) groups is 1. The van der Waals surface area contributed by atoms with E-state index in [1.165, 1.54) is 18.2 Å². The quantitative estimate of drug-likeness (QED) is 0.609. The largest absolute Gasteiger partial charge is 0.393 e. The number of halogens is 3. The molecule has 0 unspecified atom stereocenters. The van der Waals surface area contributed by atoms with Crippen LogP contribution in [-0.2, 0) is 13.0 Å². The fraction of sp³-hybridized carbons (Fsp3) is 0.421. The Balaban J connectivity index is 1.52. The Hall–Kier alpha value is -1.81. The molecule has 1 saturated heterocycles. The molecule has 2 aliphatic heterocycles. The first-order valence-corrected chi connectivity index (χ1v) is 10.6. The Morgan fingerprint density at radius 1 is 1.21 bits per heavy atom. The SMILES string of the molecule is O=C(Nc1ccc(F)c(F)c1)c1c(Cl)c(NSN2CCC(O)CC2)c2n1CCC2. The van der Waals surface area contributed by atoms with E-state index >= 15 is 0 Å². The highest BCUT2D eigenvalue weighted by atomic mass is 35.5. The fourth-order valence-electron chi connectivity index (χ4n) is 3.68. The van der Waals surface area contributed by atoms with Crippen molar-refractivity contribution in [3.63, 3.8) is 0 Å². The maximum absolute atomic E-state index is 13.4. The zero-order valence-electron chi connectivity index (χ0n) is 15.6. The number of aromatic nitrogens is 1. The third-order valence-corrected chi connectivity index (χ3v) is 6.49. The van der Waals surface area contributed by atoms with Crippen LogP contribution in [-0.4, -0.2) is 39.1 Å². The van der Waals surface area contributed by atoms with Crippen LogP contribution in [0.3, 0.4) is 0 Å². The Morgan fingerprint density at radius 3 is 2.69 bits per heavy atom. The molecule has 4 rings (SSSR count). The second kappa shape index (κ2) is 8.51. The van der Waals surface area contributed by atoms with Crippen LogP contribution in [0.5, 0.6) is 0 Å². The van der Waals surface area contributed by atoms with Gasteiger partial charge in [0.1, 0.15) is 5.69 Å². The highest BCUT2D eigenvalue weighted by molar-refractivity contribution is 7.98. The molecule has 0 aliphatic carbocycles. The Labute approximate surface area is 176 Å². The lowest BCUT2D eigenvalue weighted by atomic mass is 10.1. The van der Waals surface area contributed by atoms with Crippen molar-refractivity contribution in [2.24, 2.45) is 0 Å². The molecule has 2 aromatic rings. The van der Waals surface area contributed by atoms with Gasteiger partial charge in [-0.25, -0.2) is 13.1 Å². The zero-order chi connectivity index (χ0) is 20.5. The van der Waals surface area contributed by atoms with E-state index in [1.54, 1.807) is 0 Å². The molecular formula is C19H21ClF2N4O2S. The summed E-state index contributed by atoms with van der Waals surface area (Å²) in [6, 6.07) is 3.21. The standard InChI is InChI=1S/C19H21ClF2N4O2S/c20-16-17(24-29-25-8-5-12(27)6-9-25)15-2-1-7-26(15)18(16)19(28)23-11-3-4-13(21)14(22)10-11/h3-4,10,12,24,27H,1-2,5-9H2,(H,23,28). The van der Waals surface area contributed by atoms with Gasteiger partial charge in [0.15, 0.2) is 11.6 Å². The fourth-order valence-corrected chi connectivity index (χ4v) is 4.91. The maximum atomic E-state index is 13.4. The summed E-state index contributed by atoms with van der Waals surface area (Å²) in [6.07, 6.45) is 2.88. The normalized spacial score (nSPS) is 17.4. The van der Waals surface area contributed by atoms with Crippen molar-refractivity contribution in [3.05, 3.63) is 46.2 Å². The van der Waals surface area contributed by atoms with Crippen molar-refractivity contribution < 1.29 is 18.7 Å². The van der Waals surface area contributed by atoms with Gasteiger partial charge in [-0.3, -0.25) is 4.79 Å². The first-order valence-electron chi connectivity index (χ1n) is 9.47. The Morgan fingerprint density at radius 2 is 1.97 bits per heavy atom. The van der Waals surface area contributed by atoms with E-state index in [1.807, 2.05) is 4.57 Å². The van der Waals surface area contributed by atoms with E-state index in [0.717, 1.165) is 56.6 Å². The second-order valence-corrected chi connectivity index (χ2v) is 8.46. The second-order valence-electron chi connectivity index (χ2n) is 7.18. The molecule has 3 N–H and O–H groups in total. The summed E-state index contributed by atoms with van der Waals surface area (Å²) in [5.74, 6) is -2.47. The van der Waals surface area contributed by atoms with Crippen LogP contribution in [0.4, 0.5) is 20.2 Å². The number of piperidine rings is 1. The number of anilines is 2. The highest BCUT2D eigenvalue weighted by Crippen LogP contribution is 2.39. The molecule has 1 aromatic heterocycles. The van der Waals surface area contributed by atoms with Gasteiger partial charge in [0.05, 0.1) is 16.8 Å². The molecule has 0 bridgehead atoms. The van der Waals surface area contributed by atoms with Gasteiger partial charge in [0, 0.05) is 49.2 Å². The van der Waals surface area contributed by atoms with Crippen LogP contribution >= 0.6 is 23.7 Å². The number of carbonyl (C=O) groups excluding carboxylic acids is 1. The number of rotatable bonds is 5. The van der Waals surface area contributed by atoms with Gasteiger partial charge < -0.3 is 19.7 Å². The van der Waals surface area contributed by atoms with Crippen LogP contribution < -0.4 is 10.0 Å².